The lowest BCUT2D eigenvalue weighted by molar-refractivity contribution is 0.449. The summed E-state index contributed by atoms with van der Waals surface area (Å²) in [4.78, 5) is 8.48. The van der Waals surface area contributed by atoms with Crippen molar-refractivity contribution >= 4 is 0 Å². The van der Waals surface area contributed by atoms with Gasteiger partial charge in [-0.1, -0.05) is 26.7 Å². The van der Waals surface area contributed by atoms with Crippen molar-refractivity contribution in [3.63, 3.8) is 0 Å². The van der Waals surface area contributed by atoms with E-state index in [9.17, 15) is 0 Å². The molecule has 0 amide bonds. The van der Waals surface area contributed by atoms with Gasteiger partial charge in [0.2, 0.25) is 0 Å². The lowest BCUT2D eigenvalue weighted by atomic mass is 10.1. The Labute approximate surface area is 98.7 Å². The molecule has 0 spiro atoms. The number of aromatic nitrogens is 2. The third kappa shape index (κ3) is 4.71. The molecular formula is C13H23N3. The van der Waals surface area contributed by atoms with Crippen LogP contribution in [0.1, 0.15) is 51.0 Å². The Hall–Kier alpha value is -0.960. The molecule has 0 aliphatic carbocycles. The molecule has 1 N–H and O–H groups in total. The molecule has 0 bridgehead atoms. The Kier molecular flexibility index (Phi) is 6.01. The molecule has 0 aliphatic rings. The highest BCUT2D eigenvalue weighted by Crippen LogP contribution is 2.05. The molecule has 3 nitrogen and oxygen atoms in total. The zero-order valence-electron chi connectivity index (χ0n) is 10.7. The summed E-state index contributed by atoms with van der Waals surface area (Å²) in [6.45, 7) is 7.25. The zero-order chi connectivity index (χ0) is 11.8. The monoisotopic (exact) mass is 221 g/mol. The Morgan fingerprint density at radius 1 is 1.38 bits per heavy atom. The van der Waals surface area contributed by atoms with Gasteiger partial charge in [0.1, 0.15) is 5.82 Å². The van der Waals surface area contributed by atoms with Gasteiger partial charge in [-0.15, -0.1) is 0 Å². The van der Waals surface area contributed by atoms with E-state index in [1.54, 1.807) is 0 Å². The molecular weight excluding hydrogens is 198 g/mol. The summed E-state index contributed by atoms with van der Waals surface area (Å²) in [6.07, 6.45) is 6.84. The van der Waals surface area contributed by atoms with Crippen LogP contribution in [0, 0.1) is 6.92 Å². The smallest absolute Gasteiger partial charge is 0.125 e. The summed E-state index contributed by atoms with van der Waals surface area (Å²) >= 11 is 0. The number of unbranched alkanes of at least 4 members (excludes halogenated alkanes) is 1. The summed E-state index contributed by atoms with van der Waals surface area (Å²) in [6, 6.07) is 2.60. The highest BCUT2D eigenvalue weighted by atomic mass is 14.9. The quantitative estimate of drug-likeness (QED) is 0.769. The van der Waals surface area contributed by atoms with E-state index >= 15 is 0 Å². The standard InChI is InChI=1S/C13H23N3/c1-4-6-7-12(5-2)15-10-13-8-9-14-11(3)16-13/h8-9,12,15H,4-7,10H2,1-3H3. The van der Waals surface area contributed by atoms with Crippen LogP contribution in [0.25, 0.3) is 0 Å². The summed E-state index contributed by atoms with van der Waals surface area (Å²) in [5.41, 5.74) is 1.09. The average Bonchev–Trinajstić information content (AvgIpc) is 2.29. The summed E-state index contributed by atoms with van der Waals surface area (Å²) in [7, 11) is 0. The second-order valence-corrected chi connectivity index (χ2v) is 4.22. The van der Waals surface area contributed by atoms with Crippen molar-refractivity contribution in [1.82, 2.24) is 15.3 Å². The second kappa shape index (κ2) is 7.34. The van der Waals surface area contributed by atoms with Gasteiger partial charge < -0.3 is 5.32 Å². The molecule has 0 aliphatic heterocycles. The van der Waals surface area contributed by atoms with E-state index < -0.39 is 0 Å². The molecule has 1 unspecified atom stereocenters. The fourth-order valence-corrected chi connectivity index (χ4v) is 1.75. The molecule has 3 heteroatoms. The Balaban J connectivity index is 2.37. The molecule has 0 radical (unpaired) electrons. The van der Waals surface area contributed by atoms with Gasteiger partial charge in [-0.25, -0.2) is 9.97 Å². The predicted molar refractivity (Wildman–Crippen MR) is 67.2 cm³/mol. The molecule has 1 aromatic rings. The van der Waals surface area contributed by atoms with Crippen molar-refractivity contribution < 1.29 is 0 Å². The molecule has 90 valence electrons. The minimum atomic E-state index is 0.621. The van der Waals surface area contributed by atoms with Crippen LogP contribution in [0.5, 0.6) is 0 Å². The molecule has 1 rings (SSSR count). The van der Waals surface area contributed by atoms with Crippen LogP contribution < -0.4 is 5.32 Å². The number of hydrogen-bond donors (Lipinski definition) is 1. The first-order valence-corrected chi connectivity index (χ1v) is 6.28. The van der Waals surface area contributed by atoms with Crippen molar-refractivity contribution in [2.75, 3.05) is 0 Å². The van der Waals surface area contributed by atoms with Crippen LogP contribution in [0.3, 0.4) is 0 Å². The summed E-state index contributed by atoms with van der Waals surface area (Å²) in [5.74, 6) is 0.848. The lowest BCUT2D eigenvalue weighted by Crippen LogP contribution is -2.28. The number of hydrogen-bond acceptors (Lipinski definition) is 3. The third-order valence-corrected chi connectivity index (χ3v) is 2.80. The maximum atomic E-state index is 4.39. The fourth-order valence-electron chi connectivity index (χ4n) is 1.75. The maximum absolute atomic E-state index is 4.39. The number of nitrogens with one attached hydrogen (secondary N) is 1. The second-order valence-electron chi connectivity index (χ2n) is 4.22. The lowest BCUT2D eigenvalue weighted by Gasteiger charge is -2.16. The van der Waals surface area contributed by atoms with Crippen LogP contribution in [0.4, 0.5) is 0 Å². The van der Waals surface area contributed by atoms with Crippen LogP contribution in [-0.4, -0.2) is 16.0 Å². The van der Waals surface area contributed by atoms with Crippen molar-refractivity contribution in [2.45, 2.75) is 59.0 Å². The van der Waals surface area contributed by atoms with E-state index in [0.717, 1.165) is 18.1 Å². The first kappa shape index (κ1) is 13.1. The average molecular weight is 221 g/mol. The molecule has 1 aromatic heterocycles. The highest BCUT2D eigenvalue weighted by Gasteiger charge is 2.05. The van der Waals surface area contributed by atoms with Crippen LogP contribution in [0.15, 0.2) is 12.3 Å². The molecule has 0 fully saturated rings. The van der Waals surface area contributed by atoms with Crippen LogP contribution in [0.2, 0.25) is 0 Å². The van der Waals surface area contributed by atoms with Crippen molar-refractivity contribution in [3.8, 4) is 0 Å². The predicted octanol–water partition coefficient (Wildman–Crippen LogP) is 2.84. The number of nitrogens with zero attached hydrogens (tertiary/aromatic N) is 2. The first-order valence-electron chi connectivity index (χ1n) is 6.28. The minimum Gasteiger partial charge on any atom is -0.308 e. The summed E-state index contributed by atoms with van der Waals surface area (Å²) < 4.78 is 0. The molecule has 1 heterocycles. The Morgan fingerprint density at radius 2 is 2.19 bits per heavy atom. The Morgan fingerprint density at radius 3 is 2.81 bits per heavy atom. The van der Waals surface area contributed by atoms with Gasteiger partial charge in [0.25, 0.3) is 0 Å². The maximum Gasteiger partial charge on any atom is 0.125 e. The van der Waals surface area contributed by atoms with Crippen molar-refractivity contribution in [3.05, 3.63) is 23.8 Å². The van der Waals surface area contributed by atoms with Crippen LogP contribution >= 0.6 is 0 Å². The normalized spacial score (nSPS) is 12.7. The fraction of sp³-hybridized carbons (Fsp3) is 0.692. The SMILES string of the molecule is CCCCC(CC)NCc1ccnc(C)n1. The van der Waals surface area contributed by atoms with Gasteiger partial charge in [0.05, 0.1) is 5.69 Å². The van der Waals surface area contributed by atoms with Crippen molar-refractivity contribution in [2.24, 2.45) is 0 Å². The largest absolute Gasteiger partial charge is 0.308 e. The molecule has 1 atom stereocenters. The van der Waals surface area contributed by atoms with Gasteiger partial charge in [0.15, 0.2) is 0 Å². The number of aryl methyl sites for hydroxylation is 1. The molecule has 0 aromatic carbocycles. The topological polar surface area (TPSA) is 37.8 Å². The van der Waals surface area contributed by atoms with E-state index in [0.29, 0.717) is 6.04 Å². The van der Waals surface area contributed by atoms with E-state index in [-0.39, 0.29) is 0 Å². The van der Waals surface area contributed by atoms with Gasteiger partial charge in [-0.2, -0.15) is 0 Å². The van der Waals surface area contributed by atoms with Gasteiger partial charge in [-0.3, -0.25) is 0 Å². The third-order valence-electron chi connectivity index (χ3n) is 2.80. The van der Waals surface area contributed by atoms with Gasteiger partial charge in [0, 0.05) is 18.8 Å². The molecule has 0 saturated heterocycles. The zero-order valence-corrected chi connectivity index (χ0v) is 10.7. The van der Waals surface area contributed by atoms with Crippen LogP contribution in [-0.2, 0) is 6.54 Å². The van der Waals surface area contributed by atoms with Gasteiger partial charge >= 0.3 is 0 Å². The minimum absolute atomic E-state index is 0.621. The van der Waals surface area contributed by atoms with E-state index in [1.807, 2.05) is 19.2 Å². The van der Waals surface area contributed by atoms with E-state index in [4.69, 9.17) is 0 Å². The van der Waals surface area contributed by atoms with Crippen molar-refractivity contribution in [1.29, 1.82) is 0 Å². The van der Waals surface area contributed by atoms with E-state index in [2.05, 4.69) is 29.1 Å². The first-order chi connectivity index (χ1) is 7.76. The highest BCUT2D eigenvalue weighted by molar-refractivity contribution is 5.01. The van der Waals surface area contributed by atoms with E-state index in [1.165, 1.54) is 25.7 Å². The number of rotatable bonds is 7. The Bertz CT molecular complexity index is 299. The molecule has 16 heavy (non-hydrogen) atoms. The molecule has 0 saturated carbocycles. The summed E-state index contributed by atoms with van der Waals surface area (Å²) in [5, 5.41) is 3.56. The van der Waals surface area contributed by atoms with Gasteiger partial charge in [-0.05, 0) is 25.8 Å².